The van der Waals surface area contributed by atoms with E-state index in [0.717, 1.165) is 16.0 Å². The maximum Gasteiger partial charge on any atom is 0.324 e. The first-order valence-electron chi connectivity index (χ1n) is 10.0. The number of ether oxygens (including phenoxy) is 2. The average molecular weight is 441 g/mol. The maximum atomic E-state index is 13.3. The van der Waals surface area contributed by atoms with Crippen LogP contribution >= 0.6 is 11.3 Å². The zero-order chi connectivity index (χ0) is 22.3. The second kappa shape index (κ2) is 7.85. The summed E-state index contributed by atoms with van der Waals surface area (Å²) >= 11 is 1.43. The molecule has 1 aliphatic heterocycles. The Morgan fingerprint density at radius 1 is 1.13 bits per heavy atom. The minimum Gasteiger partial charge on any atom is -0.711 e. The number of carbonyl (C=O) groups excluding carboxylic acids is 2. The number of carbonyl (C=O) groups is 2. The molecule has 0 saturated carbocycles. The molecule has 0 aliphatic carbocycles. The van der Waals surface area contributed by atoms with Gasteiger partial charge in [0.05, 0.1) is 0 Å². The summed E-state index contributed by atoms with van der Waals surface area (Å²) in [7, 11) is 0. The van der Waals surface area contributed by atoms with Crippen molar-refractivity contribution in [1.29, 1.82) is 0 Å². The standard InChI is InChI=1S/C23H24N2O5S/c1-14-15(2)25(28)20(24(14)12-16-8-6-5-7-9-16)18(17-10-11-31-13-17)19-21(26)29-23(3,4)30-22(19)27/h5-11,13,18-19H,12H2,1-4H3. The quantitative estimate of drug-likeness (QED) is 0.263. The minimum atomic E-state index is -1.34. The van der Waals surface area contributed by atoms with Crippen molar-refractivity contribution < 1.29 is 23.8 Å². The van der Waals surface area contributed by atoms with Gasteiger partial charge in [-0.2, -0.15) is 11.3 Å². The van der Waals surface area contributed by atoms with E-state index >= 15 is 0 Å². The number of hydrogen-bond donors (Lipinski definition) is 0. The Morgan fingerprint density at radius 3 is 2.35 bits per heavy atom. The van der Waals surface area contributed by atoms with Gasteiger partial charge in [0.25, 0.3) is 11.6 Å². The van der Waals surface area contributed by atoms with E-state index in [-0.39, 0.29) is 0 Å². The number of hydrogen-bond acceptors (Lipinski definition) is 6. The largest absolute Gasteiger partial charge is 0.711 e. The topological polar surface area (TPSA) is 84.5 Å². The Balaban J connectivity index is 1.88. The number of benzene rings is 1. The summed E-state index contributed by atoms with van der Waals surface area (Å²) in [5.41, 5.74) is 2.98. The second-order valence-electron chi connectivity index (χ2n) is 8.15. The molecule has 2 aromatic heterocycles. The molecule has 0 N–H and O–H groups in total. The SMILES string of the molecule is Cc1c(C)[n+]([O-])c(C(c2ccsc2)C2C(=O)OC(C)(C)OC2=O)n1Cc1ccccc1. The molecule has 162 valence electrons. The Labute approximate surface area is 184 Å². The average Bonchev–Trinajstić information content (AvgIpc) is 3.30. The summed E-state index contributed by atoms with van der Waals surface area (Å²) in [6.45, 7) is 7.05. The number of aromatic nitrogens is 2. The number of rotatable bonds is 5. The molecule has 3 heterocycles. The monoisotopic (exact) mass is 440 g/mol. The van der Waals surface area contributed by atoms with Crippen LogP contribution in [0.25, 0.3) is 0 Å². The van der Waals surface area contributed by atoms with Crippen LogP contribution < -0.4 is 4.73 Å². The van der Waals surface area contributed by atoms with Crippen LogP contribution in [0.3, 0.4) is 0 Å². The molecule has 7 nitrogen and oxygen atoms in total. The molecule has 3 aromatic rings. The summed E-state index contributed by atoms with van der Waals surface area (Å²) < 4.78 is 13.5. The van der Waals surface area contributed by atoms with E-state index in [1.165, 1.54) is 25.2 Å². The lowest BCUT2D eigenvalue weighted by atomic mass is 9.85. The van der Waals surface area contributed by atoms with Crippen LogP contribution in [0.4, 0.5) is 0 Å². The second-order valence-corrected chi connectivity index (χ2v) is 8.93. The molecular formula is C23H24N2O5S. The molecule has 4 rings (SSSR count). The maximum absolute atomic E-state index is 13.3. The van der Waals surface area contributed by atoms with Crippen LogP contribution in [0.1, 0.15) is 48.1 Å². The van der Waals surface area contributed by atoms with Gasteiger partial charge in [0.2, 0.25) is 0 Å². The van der Waals surface area contributed by atoms with Crippen LogP contribution in [0.5, 0.6) is 0 Å². The Bertz CT molecular complexity index is 1100. The van der Waals surface area contributed by atoms with Crippen molar-refractivity contribution in [3.63, 3.8) is 0 Å². The highest BCUT2D eigenvalue weighted by atomic mass is 32.1. The van der Waals surface area contributed by atoms with E-state index in [9.17, 15) is 14.8 Å². The van der Waals surface area contributed by atoms with Crippen molar-refractivity contribution in [1.82, 2.24) is 4.57 Å². The van der Waals surface area contributed by atoms with Crippen molar-refractivity contribution in [2.45, 2.75) is 45.9 Å². The van der Waals surface area contributed by atoms with Crippen molar-refractivity contribution >= 4 is 23.3 Å². The fourth-order valence-electron chi connectivity index (χ4n) is 4.00. The number of esters is 2. The van der Waals surface area contributed by atoms with E-state index in [1.54, 1.807) is 6.92 Å². The summed E-state index contributed by atoms with van der Waals surface area (Å²) in [6, 6.07) is 11.6. The zero-order valence-corrected chi connectivity index (χ0v) is 18.6. The molecule has 1 atom stereocenters. The molecule has 1 aromatic carbocycles. The van der Waals surface area contributed by atoms with E-state index < -0.39 is 29.6 Å². The van der Waals surface area contributed by atoms with Gasteiger partial charge < -0.3 is 14.7 Å². The molecule has 0 amide bonds. The van der Waals surface area contributed by atoms with Crippen LogP contribution in [0, 0.1) is 25.0 Å². The molecule has 1 saturated heterocycles. The molecular weight excluding hydrogens is 416 g/mol. The predicted octanol–water partition coefficient (Wildman–Crippen LogP) is 3.43. The lowest BCUT2D eigenvalue weighted by Gasteiger charge is -2.35. The van der Waals surface area contributed by atoms with Crippen LogP contribution in [0.2, 0.25) is 0 Å². The highest BCUT2D eigenvalue weighted by Crippen LogP contribution is 2.38. The van der Waals surface area contributed by atoms with Crippen LogP contribution in [0.15, 0.2) is 47.2 Å². The molecule has 1 fully saturated rings. The molecule has 31 heavy (non-hydrogen) atoms. The summed E-state index contributed by atoms with van der Waals surface area (Å²) in [4.78, 5) is 25.9. The molecule has 0 bridgehead atoms. The molecule has 1 aliphatic rings. The van der Waals surface area contributed by atoms with Gasteiger partial charge in [-0.25, -0.2) is 9.30 Å². The normalized spacial score (nSPS) is 17.3. The summed E-state index contributed by atoms with van der Waals surface area (Å²) in [5.74, 6) is -4.52. The number of cyclic esters (lactones) is 2. The van der Waals surface area contributed by atoms with Gasteiger partial charge in [0, 0.05) is 27.7 Å². The first-order valence-corrected chi connectivity index (χ1v) is 10.9. The fourth-order valence-corrected chi connectivity index (χ4v) is 4.70. The Morgan fingerprint density at radius 2 is 1.77 bits per heavy atom. The van der Waals surface area contributed by atoms with E-state index in [4.69, 9.17) is 9.47 Å². The highest BCUT2D eigenvalue weighted by Gasteiger charge is 2.52. The third-order valence-electron chi connectivity index (χ3n) is 5.62. The van der Waals surface area contributed by atoms with Crippen LogP contribution in [-0.4, -0.2) is 22.3 Å². The van der Waals surface area contributed by atoms with Crippen LogP contribution in [-0.2, 0) is 25.6 Å². The summed E-state index contributed by atoms with van der Waals surface area (Å²) in [6.07, 6.45) is 0. The third-order valence-corrected chi connectivity index (χ3v) is 6.32. The van der Waals surface area contributed by atoms with Crippen molar-refractivity contribution in [3.8, 4) is 0 Å². The van der Waals surface area contributed by atoms with Crippen molar-refractivity contribution in [3.05, 3.63) is 80.7 Å². The lowest BCUT2D eigenvalue weighted by Crippen LogP contribution is -2.50. The molecule has 0 radical (unpaired) electrons. The van der Waals surface area contributed by atoms with Gasteiger partial charge in [-0.05, 0) is 28.0 Å². The van der Waals surface area contributed by atoms with Gasteiger partial charge in [-0.3, -0.25) is 9.59 Å². The lowest BCUT2D eigenvalue weighted by molar-refractivity contribution is -0.621. The van der Waals surface area contributed by atoms with E-state index in [0.29, 0.717) is 23.6 Å². The van der Waals surface area contributed by atoms with E-state index in [1.807, 2.05) is 58.6 Å². The van der Waals surface area contributed by atoms with Gasteiger partial charge in [0.15, 0.2) is 5.92 Å². The molecule has 8 heteroatoms. The predicted molar refractivity (Wildman–Crippen MR) is 114 cm³/mol. The van der Waals surface area contributed by atoms with Gasteiger partial charge in [-0.15, -0.1) is 0 Å². The highest BCUT2D eigenvalue weighted by molar-refractivity contribution is 7.08. The van der Waals surface area contributed by atoms with Gasteiger partial charge >= 0.3 is 11.9 Å². The minimum absolute atomic E-state index is 0.316. The number of imidazole rings is 1. The first-order chi connectivity index (χ1) is 14.7. The van der Waals surface area contributed by atoms with Gasteiger partial charge in [-0.1, -0.05) is 30.3 Å². The van der Waals surface area contributed by atoms with E-state index in [2.05, 4.69) is 0 Å². The first kappa shape index (κ1) is 21.1. The third kappa shape index (κ3) is 3.83. The Hall–Kier alpha value is -3.13. The molecule has 0 spiro atoms. The van der Waals surface area contributed by atoms with Gasteiger partial charge in [0.1, 0.15) is 23.9 Å². The summed E-state index contributed by atoms with van der Waals surface area (Å²) in [5, 5.41) is 17.0. The Kier molecular flexibility index (Phi) is 5.35. The number of thiophene rings is 1. The fraction of sp³-hybridized carbons (Fsp3) is 0.348. The smallest absolute Gasteiger partial charge is 0.324 e. The molecule has 1 unspecified atom stereocenters. The van der Waals surface area contributed by atoms with Crippen molar-refractivity contribution in [2.75, 3.05) is 0 Å². The van der Waals surface area contributed by atoms with Crippen molar-refractivity contribution in [2.24, 2.45) is 5.92 Å². The zero-order valence-electron chi connectivity index (χ0n) is 17.8. The number of nitrogens with zero attached hydrogens (tertiary/aromatic N) is 2.